The number of nitrogens with zero attached hydrogens (tertiary/aromatic N) is 1. The van der Waals surface area contributed by atoms with Crippen molar-refractivity contribution in [3.05, 3.63) is 28.8 Å². The Balaban J connectivity index is 1.48. The third-order valence-electron chi connectivity index (χ3n) is 5.90. The quantitative estimate of drug-likeness (QED) is 0.614. The fourth-order valence-electron chi connectivity index (χ4n) is 4.14. The number of sulfonamides is 1. The van der Waals surface area contributed by atoms with Crippen LogP contribution < -0.4 is 5.32 Å². The fourth-order valence-corrected chi connectivity index (χ4v) is 6.02. The van der Waals surface area contributed by atoms with Gasteiger partial charge >= 0.3 is 0 Å². The van der Waals surface area contributed by atoms with E-state index >= 15 is 0 Å². The number of carbonyl (C=O) groups is 1. The van der Waals surface area contributed by atoms with Gasteiger partial charge in [-0.2, -0.15) is 4.31 Å². The number of rotatable bonds is 9. The topological polar surface area (TPSA) is 95.9 Å². The summed E-state index contributed by atoms with van der Waals surface area (Å²) in [6.45, 7) is 7.31. The van der Waals surface area contributed by atoms with Crippen molar-refractivity contribution in [2.24, 2.45) is 11.8 Å². The minimum atomic E-state index is -3.58. The Morgan fingerprint density at radius 2 is 1.77 bits per heavy atom. The van der Waals surface area contributed by atoms with Gasteiger partial charge in [-0.25, -0.2) is 8.42 Å². The third kappa shape index (κ3) is 5.81. The van der Waals surface area contributed by atoms with Gasteiger partial charge in [0.2, 0.25) is 15.9 Å². The highest BCUT2D eigenvalue weighted by Crippen LogP contribution is 2.29. The number of carbonyl (C=O) groups excluding carboxylic acids is 1. The van der Waals surface area contributed by atoms with E-state index in [0.717, 1.165) is 16.7 Å². The van der Waals surface area contributed by atoms with Crippen LogP contribution in [0.3, 0.4) is 0 Å². The van der Waals surface area contributed by atoms with Crippen molar-refractivity contribution < 1.29 is 23.1 Å². The number of aryl methyl sites for hydroxylation is 3. The summed E-state index contributed by atoms with van der Waals surface area (Å²) in [5.74, 6) is 0.271. The maximum absolute atomic E-state index is 13.2. The molecule has 1 atom stereocenters. The Morgan fingerprint density at radius 3 is 2.33 bits per heavy atom. The lowest BCUT2D eigenvalue weighted by Crippen LogP contribution is -2.44. The summed E-state index contributed by atoms with van der Waals surface area (Å²) in [5.41, 5.74) is 2.55. The number of aliphatic hydroxyl groups excluding tert-OH is 1. The van der Waals surface area contributed by atoms with E-state index in [9.17, 15) is 18.3 Å². The van der Waals surface area contributed by atoms with E-state index in [4.69, 9.17) is 4.74 Å². The summed E-state index contributed by atoms with van der Waals surface area (Å²) in [6.07, 6.45) is 2.63. The summed E-state index contributed by atoms with van der Waals surface area (Å²) in [5, 5.41) is 12.7. The molecule has 2 fully saturated rings. The Bertz CT molecular complexity index is 835. The van der Waals surface area contributed by atoms with Crippen LogP contribution in [0.1, 0.15) is 42.4 Å². The molecule has 1 heterocycles. The van der Waals surface area contributed by atoms with Crippen molar-refractivity contribution in [1.29, 1.82) is 0 Å². The molecule has 1 aromatic rings. The van der Waals surface area contributed by atoms with Gasteiger partial charge in [-0.05, 0) is 63.5 Å². The molecule has 3 rings (SSSR count). The molecule has 1 aliphatic carbocycles. The van der Waals surface area contributed by atoms with E-state index < -0.39 is 16.1 Å². The van der Waals surface area contributed by atoms with Gasteiger partial charge in [0, 0.05) is 32.2 Å². The molecule has 2 N–H and O–H groups in total. The summed E-state index contributed by atoms with van der Waals surface area (Å²) < 4.78 is 33.3. The minimum Gasteiger partial charge on any atom is -0.389 e. The highest BCUT2D eigenvalue weighted by molar-refractivity contribution is 7.89. The molecule has 0 spiro atoms. The number of ether oxygens (including phenoxy) is 1. The van der Waals surface area contributed by atoms with E-state index in [0.29, 0.717) is 43.4 Å². The molecule has 168 valence electrons. The first-order valence-electron chi connectivity index (χ1n) is 10.8. The molecule has 1 amide bonds. The smallest absolute Gasteiger partial charge is 0.243 e. The summed E-state index contributed by atoms with van der Waals surface area (Å²) in [6, 6.07) is 3.78. The zero-order chi connectivity index (χ0) is 21.9. The van der Waals surface area contributed by atoms with Crippen LogP contribution in [0.25, 0.3) is 0 Å². The van der Waals surface area contributed by atoms with E-state index in [1.807, 2.05) is 32.9 Å². The summed E-state index contributed by atoms with van der Waals surface area (Å²) in [7, 11) is -3.58. The van der Waals surface area contributed by atoms with Crippen molar-refractivity contribution in [1.82, 2.24) is 9.62 Å². The van der Waals surface area contributed by atoms with Gasteiger partial charge in [-0.15, -0.1) is 0 Å². The van der Waals surface area contributed by atoms with Crippen LogP contribution in [0.2, 0.25) is 0 Å². The standard InChI is InChI=1S/C22H34N2O5S/c1-15-10-16(2)21(17(3)11-15)30(27,28)24-8-6-19(7-9-24)22(26)23-12-20(25)14-29-13-18-4-5-18/h10-11,18-20,25H,4-9,12-14H2,1-3H3,(H,23,26)/t20-/m0/s1. The van der Waals surface area contributed by atoms with Gasteiger partial charge in [0.25, 0.3) is 0 Å². The second kappa shape index (κ2) is 9.77. The Morgan fingerprint density at radius 1 is 1.17 bits per heavy atom. The molecule has 8 heteroatoms. The second-order valence-corrected chi connectivity index (χ2v) is 10.7. The molecule has 1 aromatic carbocycles. The summed E-state index contributed by atoms with van der Waals surface area (Å²) >= 11 is 0. The molecule has 1 aliphatic heterocycles. The van der Waals surface area contributed by atoms with Gasteiger partial charge < -0.3 is 15.2 Å². The average Bonchev–Trinajstić information content (AvgIpc) is 3.49. The number of hydrogen-bond acceptors (Lipinski definition) is 5. The van der Waals surface area contributed by atoms with Crippen molar-refractivity contribution >= 4 is 15.9 Å². The summed E-state index contributed by atoms with van der Waals surface area (Å²) in [4.78, 5) is 12.8. The van der Waals surface area contributed by atoms with Gasteiger partial charge in [0.1, 0.15) is 0 Å². The van der Waals surface area contributed by atoms with Crippen LogP contribution in [-0.2, 0) is 19.6 Å². The molecular weight excluding hydrogens is 404 g/mol. The third-order valence-corrected chi connectivity index (χ3v) is 8.10. The van der Waals surface area contributed by atoms with Crippen LogP contribution in [0.5, 0.6) is 0 Å². The maximum atomic E-state index is 13.2. The Hall–Kier alpha value is -1.48. The van der Waals surface area contributed by atoms with Crippen LogP contribution in [0, 0.1) is 32.6 Å². The molecule has 0 bridgehead atoms. The monoisotopic (exact) mass is 438 g/mol. The highest BCUT2D eigenvalue weighted by atomic mass is 32.2. The van der Waals surface area contributed by atoms with Gasteiger partial charge in [-0.1, -0.05) is 17.7 Å². The highest BCUT2D eigenvalue weighted by Gasteiger charge is 2.33. The second-order valence-electron chi connectivity index (χ2n) is 8.79. The molecule has 2 aliphatic rings. The molecule has 30 heavy (non-hydrogen) atoms. The van der Waals surface area contributed by atoms with E-state index in [1.165, 1.54) is 17.1 Å². The van der Waals surface area contributed by atoms with Crippen molar-refractivity contribution in [2.75, 3.05) is 32.8 Å². The van der Waals surface area contributed by atoms with E-state index in [1.54, 1.807) is 0 Å². The number of benzene rings is 1. The van der Waals surface area contributed by atoms with Crippen LogP contribution in [0.4, 0.5) is 0 Å². The minimum absolute atomic E-state index is 0.129. The number of hydrogen-bond donors (Lipinski definition) is 2. The largest absolute Gasteiger partial charge is 0.389 e. The first-order valence-corrected chi connectivity index (χ1v) is 12.2. The predicted molar refractivity (Wildman–Crippen MR) is 115 cm³/mol. The maximum Gasteiger partial charge on any atom is 0.243 e. The SMILES string of the molecule is Cc1cc(C)c(S(=O)(=O)N2CCC(C(=O)NC[C@H](O)COCC3CC3)CC2)c(C)c1. The molecule has 0 aromatic heterocycles. The first kappa shape index (κ1) is 23.2. The van der Waals surface area contributed by atoms with E-state index in [-0.39, 0.29) is 25.0 Å². The Labute approximate surface area is 179 Å². The Kier molecular flexibility index (Phi) is 7.55. The molecule has 1 saturated carbocycles. The number of piperidine rings is 1. The molecule has 0 radical (unpaired) electrons. The lowest BCUT2D eigenvalue weighted by Gasteiger charge is -2.31. The lowest BCUT2D eigenvalue weighted by molar-refractivity contribution is -0.126. The zero-order valence-corrected chi connectivity index (χ0v) is 19.0. The molecular formula is C22H34N2O5S. The van der Waals surface area contributed by atoms with Crippen LogP contribution in [-0.4, -0.2) is 62.7 Å². The van der Waals surface area contributed by atoms with Gasteiger partial charge in [-0.3, -0.25) is 4.79 Å². The number of aliphatic hydroxyl groups is 1. The van der Waals surface area contributed by atoms with E-state index in [2.05, 4.69) is 5.32 Å². The number of nitrogens with one attached hydrogen (secondary N) is 1. The van der Waals surface area contributed by atoms with Gasteiger partial charge in [0.15, 0.2) is 0 Å². The fraction of sp³-hybridized carbons (Fsp3) is 0.682. The predicted octanol–water partition coefficient (Wildman–Crippen LogP) is 1.92. The zero-order valence-electron chi connectivity index (χ0n) is 18.2. The first-order chi connectivity index (χ1) is 14.2. The number of amides is 1. The molecule has 1 saturated heterocycles. The van der Waals surface area contributed by atoms with Crippen LogP contribution in [0.15, 0.2) is 17.0 Å². The lowest BCUT2D eigenvalue weighted by atomic mass is 9.97. The van der Waals surface area contributed by atoms with Crippen molar-refractivity contribution in [3.8, 4) is 0 Å². The van der Waals surface area contributed by atoms with Crippen LogP contribution >= 0.6 is 0 Å². The van der Waals surface area contributed by atoms with Crippen molar-refractivity contribution in [2.45, 2.75) is 57.5 Å². The normalized spacial score (nSPS) is 19.6. The molecule has 0 unspecified atom stereocenters. The van der Waals surface area contributed by atoms with Crippen molar-refractivity contribution in [3.63, 3.8) is 0 Å². The van der Waals surface area contributed by atoms with Gasteiger partial charge in [0.05, 0.1) is 17.6 Å². The molecule has 7 nitrogen and oxygen atoms in total. The average molecular weight is 439 g/mol.